The van der Waals surface area contributed by atoms with Gasteiger partial charge >= 0.3 is 0 Å². The zero-order valence-corrected chi connectivity index (χ0v) is 15.4. The van der Waals surface area contributed by atoms with Gasteiger partial charge in [0.25, 0.3) is 11.9 Å². The molecule has 0 aliphatic carbocycles. The van der Waals surface area contributed by atoms with Gasteiger partial charge in [-0.3, -0.25) is 4.79 Å². The Morgan fingerprint density at radius 2 is 1.64 bits per heavy atom. The van der Waals surface area contributed by atoms with Crippen molar-refractivity contribution in [3.8, 4) is 0 Å². The summed E-state index contributed by atoms with van der Waals surface area (Å²) < 4.78 is 0. The lowest BCUT2D eigenvalue weighted by molar-refractivity contribution is -0.119. The van der Waals surface area contributed by atoms with Crippen LogP contribution in [0.5, 0.6) is 0 Å². The molecule has 130 valence electrons. The van der Waals surface area contributed by atoms with Crippen LogP contribution in [0.3, 0.4) is 0 Å². The molecule has 0 N–H and O–H groups in total. The highest BCUT2D eigenvalue weighted by atomic mass is 16.2. The van der Waals surface area contributed by atoms with Crippen molar-refractivity contribution in [1.29, 1.82) is 0 Å². The van der Waals surface area contributed by atoms with Crippen LogP contribution < -0.4 is 5.01 Å². The first kappa shape index (κ1) is 17.3. The van der Waals surface area contributed by atoms with Crippen LogP contribution in [0.25, 0.3) is 0 Å². The number of hydrazone groups is 1. The number of carbonyl (C=O) groups excluding carboxylic acids is 1. The van der Waals surface area contributed by atoms with Crippen LogP contribution in [-0.4, -0.2) is 21.6 Å². The molecule has 25 heavy (non-hydrogen) atoms. The molecule has 3 rings (SSSR count). The van der Waals surface area contributed by atoms with E-state index in [1.54, 1.807) is 0 Å². The highest BCUT2D eigenvalue weighted by molar-refractivity contribution is 6.14. The molecular formula is C20H24N4O. The number of hydrogen-bond donors (Lipinski definition) is 0. The quantitative estimate of drug-likeness (QED) is 0.853. The highest BCUT2D eigenvalue weighted by Gasteiger charge is 2.35. The Morgan fingerprint density at radius 1 is 1.04 bits per heavy atom. The van der Waals surface area contributed by atoms with Crippen LogP contribution in [0.4, 0.5) is 5.95 Å². The molecule has 1 aromatic heterocycles. The number of amides is 1. The van der Waals surface area contributed by atoms with Gasteiger partial charge in [0.1, 0.15) is 0 Å². The van der Waals surface area contributed by atoms with Gasteiger partial charge < -0.3 is 0 Å². The van der Waals surface area contributed by atoms with Gasteiger partial charge in [0.2, 0.25) is 0 Å². The van der Waals surface area contributed by atoms with Crippen molar-refractivity contribution in [2.24, 2.45) is 11.0 Å². The zero-order valence-electron chi connectivity index (χ0n) is 15.4. The highest BCUT2D eigenvalue weighted by Crippen LogP contribution is 2.25. The Labute approximate surface area is 148 Å². The fourth-order valence-corrected chi connectivity index (χ4v) is 3.06. The first-order valence-electron chi connectivity index (χ1n) is 8.65. The van der Waals surface area contributed by atoms with Crippen molar-refractivity contribution in [1.82, 2.24) is 9.97 Å². The van der Waals surface area contributed by atoms with Gasteiger partial charge in [-0.2, -0.15) is 10.1 Å². The second-order valence-corrected chi connectivity index (χ2v) is 7.00. The number of nitrogens with zero attached hydrogens (tertiary/aromatic N) is 4. The Morgan fingerprint density at radius 3 is 2.20 bits per heavy atom. The van der Waals surface area contributed by atoms with E-state index in [0.717, 1.165) is 22.7 Å². The first-order valence-corrected chi connectivity index (χ1v) is 8.65. The third-order valence-electron chi connectivity index (χ3n) is 4.52. The van der Waals surface area contributed by atoms with Crippen molar-refractivity contribution in [3.05, 3.63) is 52.8 Å². The van der Waals surface area contributed by atoms with Crippen LogP contribution in [0.15, 0.2) is 35.4 Å². The molecule has 0 saturated carbocycles. The molecular weight excluding hydrogens is 312 g/mol. The van der Waals surface area contributed by atoms with Crippen LogP contribution in [-0.2, 0) is 11.2 Å². The van der Waals surface area contributed by atoms with E-state index in [4.69, 9.17) is 0 Å². The standard InChI is InChI=1S/C20H24N4O/c1-12(2)17-8-6-16(7-9-17)11-18-15(5)23-24(19(18)25)20-21-13(3)10-14(4)22-20/h6-10,12,18H,11H2,1-5H3. The van der Waals surface area contributed by atoms with Crippen molar-refractivity contribution in [3.63, 3.8) is 0 Å². The van der Waals surface area contributed by atoms with Crippen LogP contribution in [0.1, 0.15) is 49.2 Å². The third kappa shape index (κ3) is 3.60. The summed E-state index contributed by atoms with van der Waals surface area (Å²) in [4.78, 5) is 21.6. The summed E-state index contributed by atoms with van der Waals surface area (Å²) in [5.41, 5.74) is 4.91. The molecule has 2 heterocycles. The molecule has 1 amide bonds. The molecule has 2 aromatic rings. The summed E-state index contributed by atoms with van der Waals surface area (Å²) in [6.45, 7) is 10.0. The summed E-state index contributed by atoms with van der Waals surface area (Å²) in [6, 6.07) is 10.4. The molecule has 0 spiro atoms. The average Bonchev–Trinajstić information content (AvgIpc) is 2.82. The van der Waals surface area contributed by atoms with Gasteiger partial charge in [0.05, 0.1) is 5.92 Å². The Hall–Kier alpha value is -2.56. The van der Waals surface area contributed by atoms with Crippen LogP contribution in [0.2, 0.25) is 0 Å². The maximum Gasteiger partial charge on any atom is 0.259 e. The summed E-state index contributed by atoms with van der Waals surface area (Å²) >= 11 is 0. The molecule has 0 radical (unpaired) electrons. The topological polar surface area (TPSA) is 58.5 Å². The SMILES string of the molecule is CC1=NN(c2nc(C)cc(C)n2)C(=O)C1Cc1ccc(C(C)C)cc1. The minimum absolute atomic E-state index is 0.0598. The predicted molar refractivity (Wildman–Crippen MR) is 99.8 cm³/mol. The van der Waals surface area contributed by atoms with Gasteiger partial charge in [-0.1, -0.05) is 38.1 Å². The molecule has 0 saturated heterocycles. The molecule has 0 bridgehead atoms. The number of benzene rings is 1. The molecule has 1 aliphatic heterocycles. The Kier molecular flexibility index (Phi) is 4.66. The van der Waals surface area contributed by atoms with Crippen LogP contribution >= 0.6 is 0 Å². The van der Waals surface area contributed by atoms with Crippen LogP contribution in [0, 0.1) is 19.8 Å². The van der Waals surface area contributed by atoms with E-state index < -0.39 is 0 Å². The van der Waals surface area contributed by atoms with Crippen molar-refractivity contribution >= 4 is 17.6 Å². The molecule has 0 fully saturated rings. The number of aryl methyl sites for hydroxylation is 2. The number of hydrogen-bond acceptors (Lipinski definition) is 4. The van der Waals surface area contributed by atoms with Gasteiger partial charge in [-0.25, -0.2) is 9.97 Å². The molecule has 1 aliphatic rings. The minimum Gasteiger partial charge on any atom is -0.272 e. The lowest BCUT2D eigenvalue weighted by atomic mass is 9.93. The molecule has 1 unspecified atom stereocenters. The molecule has 1 aromatic carbocycles. The Bertz CT molecular complexity index is 804. The average molecular weight is 336 g/mol. The summed E-state index contributed by atoms with van der Waals surface area (Å²) in [5.74, 6) is 0.548. The van der Waals surface area contributed by atoms with Gasteiger partial charge in [0.15, 0.2) is 0 Å². The summed E-state index contributed by atoms with van der Waals surface area (Å²) in [5, 5.41) is 5.77. The molecule has 5 nitrogen and oxygen atoms in total. The van der Waals surface area contributed by atoms with E-state index >= 15 is 0 Å². The Balaban J connectivity index is 1.80. The molecule has 1 atom stereocenters. The maximum atomic E-state index is 12.8. The van der Waals surface area contributed by atoms with E-state index in [2.05, 4.69) is 53.2 Å². The number of rotatable bonds is 4. The van der Waals surface area contributed by atoms with E-state index in [0.29, 0.717) is 18.3 Å². The lowest BCUT2D eigenvalue weighted by Gasteiger charge is -2.14. The lowest BCUT2D eigenvalue weighted by Crippen LogP contribution is -2.29. The van der Waals surface area contributed by atoms with E-state index in [-0.39, 0.29) is 11.8 Å². The maximum absolute atomic E-state index is 12.8. The van der Waals surface area contributed by atoms with E-state index in [9.17, 15) is 4.79 Å². The van der Waals surface area contributed by atoms with Crippen molar-refractivity contribution in [2.75, 3.05) is 5.01 Å². The predicted octanol–water partition coefficient (Wildman–Crippen LogP) is 3.80. The molecule has 5 heteroatoms. The third-order valence-corrected chi connectivity index (χ3v) is 4.52. The number of anilines is 1. The number of aromatic nitrogens is 2. The second kappa shape index (κ2) is 6.75. The van der Waals surface area contributed by atoms with E-state index in [1.807, 2.05) is 26.8 Å². The monoisotopic (exact) mass is 336 g/mol. The zero-order chi connectivity index (χ0) is 18.1. The normalized spacial score (nSPS) is 17.4. The minimum atomic E-state index is -0.255. The van der Waals surface area contributed by atoms with Gasteiger partial charge in [-0.05, 0) is 50.3 Å². The summed E-state index contributed by atoms with van der Waals surface area (Å²) in [6.07, 6.45) is 0.647. The van der Waals surface area contributed by atoms with Crippen molar-refractivity contribution in [2.45, 2.75) is 47.0 Å². The number of carbonyl (C=O) groups is 1. The second-order valence-electron chi connectivity index (χ2n) is 7.00. The van der Waals surface area contributed by atoms with Crippen molar-refractivity contribution < 1.29 is 4.79 Å². The van der Waals surface area contributed by atoms with Gasteiger partial charge in [-0.15, -0.1) is 0 Å². The van der Waals surface area contributed by atoms with E-state index in [1.165, 1.54) is 10.6 Å². The fraction of sp³-hybridized carbons (Fsp3) is 0.400. The summed E-state index contributed by atoms with van der Waals surface area (Å²) in [7, 11) is 0. The fourth-order valence-electron chi connectivity index (χ4n) is 3.06. The first-order chi connectivity index (χ1) is 11.8. The van der Waals surface area contributed by atoms with Gasteiger partial charge in [0, 0.05) is 17.1 Å². The smallest absolute Gasteiger partial charge is 0.259 e. The largest absolute Gasteiger partial charge is 0.272 e.